The molecule has 3 heterocycles. The van der Waals surface area contributed by atoms with E-state index >= 15 is 0 Å². The van der Waals surface area contributed by atoms with Gasteiger partial charge in [0.05, 0.1) is 11.3 Å². The molecule has 2 aromatic carbocycles. The van der Waals surface area contributed by atoms with E-state index in [1.807, 2.05) is 30.3 Å². The molecule has 0 fully saturated rings. The number of thiazole rings is 1. The number of carbonyl (C=O) groups is 1. The summed E-state index contributed by atoms with van der Waals surface area (Å²) in [6.45, 7) is 0. The summed E-state index contributed by atoms with van der Waals surface area (Å²) >= 11 is 7.19. The van der Waals surface area contributed by atoms with Crippen LogP contribution < -0.4 is 15.0 Å². The van der Waals surface area contributed by atoms with E-state index in [-0.39, 0.29) is 11.5 Å². The minimum Gasteiger partial charge on any atom is -0.311 e. The van der Waals surface area contributed by atoms with Gasteiger partial charge in [0, 0.05) is 23.2 Å². The van der Waals surface area contributed by atoms with Crippen LogP contribution in [0.2, 0.25) is 5.02 Å². The maximum Gasteiger partial charge on any atom is 0.291 e. The maximum absolute atomic E-state index is 12.9. The molecule has 0 radical (unpaired) electrons. The predicted octanol–water partition coefficient (Wildman–Crippen LogP) is 2.37. The molecule has 0 spiro atoms. The molecule has 5 rings (SSSR count). The van der Waals surface area contributed by atoms with E-state index in [0.717, 1.165) is 16.8 Å². The highest BCUT2D eigenvalue weighted by Crippen LogP contribution is 2.33. The average molecular weight is 395 g/mol. The molecule has 0 bridgehead atoms. The molecular formula is C19H11ClN4O2S. The molecule has 0 atom stereocenters. The Kier molecular flexibility index (Phi) is 3.43. The fourth-order valence-corrected chi connectivity index (χ4v) is 4.41. The number of amides is 1. The summed E-state index contributed by atoms with van der Waals surface area (Å²) in [7, 11) is 1.70. The zero-order chi connectivity index (χ0) is 18.7. The van der Waals surface area contributed by atoms with Crippen LogP contribution in [0.1, 0.15) is 5.56 Å². The van der Waals surface area contributed by atoms with Crippen LogP contribution in [-0.4, -0.2) is 27.6 Å². The third-order valence-corrected chi connectivity index (χ3v) is 5.79. The van der Waals surface area contributed by atoms with Crippen molar-refractivity contribution in [3.8, 4) is 11.4 Å². The largest absolute Gasteiger partial charge is 0.311 e. The molecule has 4 aromatic rings. The van der Waals surface area contributed by atoms with E-state index in [4.69, 9.17) is 11.6 Å². The Morgan fingerprint density at radius 2 is 1.89 bits per heavy atom. The normalized spacial score (nSPS) is 15.6. The quantitative estimate of drug-likeness (QED) is 0.497. The third-order valence-electron chi connectivity index (χ3n) is 4.52. The predicted molar refractivity (Wildman–Crippen MR) is 105 cm³/mol. The molecule has 1 amide bonds. The zero-order valence-electron chi connectivity index (χ0n) is 14.0. The molecule has 0 saturated heterocycles. The topological polar surface area (TPSA) is 67.6 Å². The molecule has 0 unspecified atom stereocenters. The van der Waals surface area contributed by atoms with Crippen LogP contribution in [0.3, 0.4) is 0 Å². The van der Waals surface area contributed by atoms with Crippen molar-refractivity contribution in [3.63, 3.8) is 0 Å². The second-order valence-corrected chi connectivity index (χ2v) is 7.55. The second kappa shape index (κ2) is 5.73. The molecule has 1 aliphatic heterocycles. The lowest BCUT2D eigenvalue weighted by molar-refractivity contribution is -0.112. The molecular weight excluding hydrogens is 384 g/mol. The summed E-state index contributed by atoms with van der Waals surface area (Å²) in [5, 5.41) is 4.89. The number of anilines is 1. The van der Waals surface area contributed by atoms with Gasteiger partial charge in [0.2, 0.25) is 4.96 Å². The number of likely N-dealkylation sites (N-methyl/N-ethyl adjacent to an activating group) is 1. The lowest BCUT2D eigenvalue weighted by Gasteiger charge is -2.07. The van der Waals surface area contributed by atoms with Gasteiger partial charge in [0.15, 0.2) is 5.82 Å². The number of aromatic nitrogens is 3. The third kappa shape index (κ3) is 2.32. The summed E-state index contributed by atoms with van der Waals surface area (Å²) in [5.74, 6) is 0.223. The molecule has 0 aliphatic carbocycles. The van der Waals surface area contributed by atoms with Gasteiger partial charge >= 0.3 is 0 Å². The lowest BCUT2D eigenvalue weighted by atomic mass is 10.1. The first-order valence-corrected chi connectivity index (χ1v) is 9.31. The molecule has 0 saturated carbocycles. The van der Waals surface area contributed by atoms with Crippen LogP contribution in [-0.2, 0) is 4.79 Å². The fraction of sp³-hybridized carbons (Fsp3) is 0.0526. The zero-order valence-corrected chi connectivity index (χ0v) is 15.6. The Morgan fingerprint density at radius 3 is 2.67 bits per heavy atom. The van der Waals surface area contributed by atoms with Crippen LogP contribution in [0.25, 0.3) is 21.9 Å². The SMILES string of the molecule is CN1C(=O)C(=c2sc3nc(-c4cccc(Cl)c4)nn3c2=O)c2ccccc21. The van der Waals surface area contributed by atoms with Crippen molar-refractivity contribution in [2.75, 3.05) is 11.9 Å². The molecule has 8 heteroatoms. The van der Waals surface area contributed by atoms with Gasteiger partial charge in [0.1, 0.15) is 4.53 Å². The van der Waals surface area contributed by atoms with E-state index in [1.165, 1.54) is 15.9 Å². The summed E-state index contributed by atoms with van der Waals surface area (Å²) in [5.41, 5.74) is 2.33. The van der Waals surface area contributed by atoms with Crippen LogP contribution in [0.15, 0.2) is 53.3 Å². The Balaban J connectivity index is 1.76. The van der Waals surface area contributed by atoms with Crippen molar-refractivity contribution < 1.29 is 4.79 Å². The van der Waals surface area contributed by atoms with Crippen LogP contribution in [0, 0.1) is 0 Å². The van der Waals surface area contributed by atoms with Crippen LogP contribution in [0.4, 0.5) is 5.69 Å². The van der Waals surface area contributed by atoms with Crippen molar-refractivity contribution in [2.45, 2.75) is 0 Å². The molecule has 2 aromatic heterocycles. The van der Waals surface area contributed by atoms with Crippen molar-refractivity contribution >= 4 is 45.1 Å². The number of nitrogens with zero attached hydrogens (tertiary/aromatic N) is 4. The smallest absolute Gasteiger partial charge is 0.291 e. The minimum atomic E-state index is -0.343. The van der Waals surface area contributed by atoms with Gasteiger partial charge in [-0.15, -0.1) is 5.10 Å². The fourth-order valence-electron chi connectivity index (χ4n) is 3.22. The number of fused-ring (bicyclic) bond motifs is 2. The Morgan fingerprint density at radius 1 is 1.07 bits per heavy atom. The average Bonchev–Trinajstić information content (AvgIpc) is 3.29. The number of hydrogen-bond donors (Lipinski definition) is 0. The lowest BCUT2D eigenvalue weighted by Crippen LogP contribution is -2.30. The Labute approximate surface area is 161 Å². The van der Waals surface area contributed by atoms with Crippen LogP contribution >= 0.6 is 22.9 Å². The number of hydrogen-bond acceptors (Lipinski definition) is 5. The van der Waals surface area contributed by atoms with E-state index in [1.54, 1.807) is 30.1 Å². The monoisotopic (exact) mass is 394 g/mol. The van der Waals surface area contributed by atoms with Gasteiger partial charge in [-0.3, -0.25) is 9.59 Å². The van der Waals surface area contributed by atoms with Crippen molar-refractivity contribution in [2.24, 2.45) is 0 Å². The summed E-state index contributed by atoms with van der Waals surface area (Å²) < 4.78 is 1.60. The van der Waals surface area contributed by atoms with E-state index in [0.29, 0.717) is 25.9 Å². The molecule has 132 valence electrons. The molecule has 1 aliphatic rings. The highest BCUT2D eigenvalue weighted by Gasteiger charge is 2.31. The maximum atomic E-state index is 12.9. The summed E-state index contributed by atoms with van der Waals surface area (Å²) in [6.07, 6.45) is 0. The number of carbonyl (C=O) groups excluding carboxylic acids is 1. The minimum absolute atomic E-state index is 0.201. The second-order valence-electron chi connectivity index (χ2n) is 6.13. The summed E-state index contributed by atoms with van der Waals surface area (Å²) in [6, 6.07) is 14.6. The van der Waals surface area contributed by atoms with Crippen LogP contribution in [0.5, 0.6) is 0 Å². The Bertz CT molecular complexity index is 1360. The van der Waals surface area contributed by atoms with Gasteiger partial charge in [-0.25, -0.2) is 0 Å². The first-order chi connectivity index (χ1) is 13.0. The Hall–Kier alpha value is -3.03. The first kappa shape index (κ1) is 16.2. The highest BCUT2D eigenvalue weighted by atomic mass is 35.5. The molecule has 0 N–H and O–H groups in total. The molecule has 6 nitrogen and oxygen atoms in total. The number of benzene rings is 2. The number of rotatable bonds is 1. The van der Waals surface area contributed by atoms with Gasteiger partial charge in [-0.05, 0) is 18.2 Å². The number of halogens is 1. The highest BCUT2D eigenvalue weighted by molar-refractivity contribution is 7.15. The number of para-hydroxylation sites is 1. The van der Waals surface area contributed by atoms with Gasteiger partial charge < -0.3 is 4.90 Å². The van der Waals surface area contributed by atoms with Crippen molar-refractivity contribution in [1.29, 1.82) is 0 Å². The van der Waals surface area contributed by atoms with Gasteiger partial charge in [-0.2, -0.15) is 9.50 Å². The summed E-state index contributed by atoms with van der Waals surface area (Å²) in [4.78, 5) is 32.1. The van der Waals surface area contributed by atoms with Crippen molar-refractivity contribution in [3.05, 3.63) is 74.0 Å². The van der Waals surface area contributed by atoms with E-state index < -0.39 is 0 Å². The molecule has 27 heavy (non-hydrogen) atoms. The van der Waals surface area contributed by atoms with Crippen molar-refractivity contribution in [1.82, 2.24) is 14.6 Å². The van der Waals surface area contributed by atoms with Gasteiger partial charge in [0.25, 0.3) is 11.5 Å². The standard InChI is InChI=1S/C19H11ClN4O2S/c1-23-13-8-3-2-7-12(13)14(17(23)25)15-18(26)24-19(27-15)21-16(22-24)10-5-4-6-11(20)9-10/h2-9H,1H3. The van der Waals surface area contributed by atoms with E-state index in [2.05, 4.69) is 10.1 Å². The van der Waals surface area contributed by atoms with Gasteiger partial charge in [-0.1, -0.05) is 53.3 Å². The first-order valence-electron chi connectivity index (χ1n) is 8.12. The van der Waals surface area contributed by atoms with E-state index in [9.17, 15) is 9.59 Å².